The number of hydrogen-bond acceptors (Lipinski definition) is 4. The summed E-state index contributed by atoms with van der Waals surface area (Å²) in [6.45, 7) is 0. The van der Waals surface area contributed by atoms with Gasteiger partial charge in [-0.15, -0.1) is 0 Å². The molecular formula is C15H8Cl2NO4-. The molecule has 0 N–H and O–H groups in total. The van der Waals surface area contributed by atoms with Gasteiger partial charge in [-0.3, -0.25) is 14.9 Å². The van der Waals surface area contributed by atoms with Crippen molar-refractivity contribution in [3.8, 4) is 5.75 Å². The Morgan fingerprint density at radius 3 is 2.45 bits per heavy atom. The molecule has 0 spiro atoms. The number of halogens is 2. The van der Waals surface area contributed by atoms with Gasteiger partial charge in [0.25, 0.3) is 5.69 Å². The van der Waals surface area contributed by atoms with Gasteiger partial charge in [-0.05, 0) is 35.6 Å². The van der Waals surface area contributed by atoms with Gasteiger partial charge < -0.3 is 5.11 Å². The monoisotopic (exact) mass is 336 g/mol. The quantitative estimate of drug-likeness (QED) is 0.367. The van der Waals surface area contributed by atoms with Gasteiger partial charge in [-0.2, -0.15) is 0 Å². The molecule has 0 heterocycles. The molecule has 0 aliphatic heterocycles. The van der Waals surface area contributed by atoms with E-state index in [2.05, 4.69) is 0 Å². The molecule has 0 atom stereocenters. The molecule has 0 saturated heterocycles. The van der Waals surface area contributed by atoms with Gasteiger partial charge in [-0.25, -0.2) is 0 Å². The fourth-order valence-electron chi connectivity index (χ4n) is 1.70. The third-order valence-corrected chi connectivity index (χ3v) is 3.55. The summed E-state index contributed by atoms with van der Waals surface area (Å²) in [4.78, 5) is 21.9. The number of carbonyl (C=O) groups is 1. The number of allylic oxidation sites excluding steroid dienone is 1. The highest BCUT2D eigenvalue weighted by molar-refractivity contribution is 6.42. The van der Waals surface area contributed by atoms with E-state index in [-0.39, 0.29) is 10.8 Å². The first-order valence-corrected chi connectivity index (χ1v) is 6.77. The third-order valence-electron chi connectivity index (χ3n) is 2.81. The molecule has 2 aromatic carbocycles. The summed E-state index contributed by atoms with van der Waals surface area (Å²) in [6.07, 6.45) is 2.63. The lowest BCUT2D eigenvalue weighted by Crippen LogP contribution is -1.98. The van der Waals surface area contributed by atoms with Crippen molar-refractivity contribution in [2.24, 2.45) is 0 Å². The van der Waals surface area contributed by atoms with E-state index in [0.29, 0.717) is 16.1 Å². The summed E-state index contributed by atoms with van der Waals surface area (Å²) in [5.41, 5.74) is 0.171. The van der Waals surface area contributed by atoms with Crippen molar-refractivity contribution in [1.29, 1.82) is 0 Å². The van der Waals surface area contributed by atoms with Gasteiger partial charge in [0.1, 0.15) is 0 Å². The Bertz CT molecular complexity index is 787. The van der Waals surface area contributed by atoms with Crippen LogP contribution in [-0.4, -0.2) is 10.7 Å². The third kappa shape index (κ3) is 3.63. The van der Waals surface area contributed by atoms with Crippen molar-refractivity contribution < 1.29 is 14.8 Å². The van der Waals surface area contributed by atoms with E-state index >= 15 is 0 Å². The molecule has 5 nitrogen and oxygen atoms in total. The Labute approximate surface area is 135 Å². The van der Waals surface area contributed by atoms with E-state index in [0.717, 1.165) is 12.1 Å². The summed E-state index contributed by atoms with van der Waals surface area (Å²) in [7, 11) is 0. The van der Waals surface area contributed by atoms with Gasteiger partial charge in [0.2, 0.25) is 0 Å². The van der Waals surface area contributed by atoms with Crippen LogP contribution in [0.15, 0.2) is 42.5 Å². The van der Waals surface area contributed by atoms with E-state index in [1.165, 1.54) is 36.4 Å². The molecule has 2 aromatic rings. The highest BCUT2D eigenvalue weighted by Crippen LogP contribution is 2.25. The second kappa shape index (κ2) is 6.60. The van der Waals surface area contributed by atoms with Crippen molar-refractivity contribution in [3.05, 3.63) is 73.8 Å². The number of ketones is 1. The molecule has 22 heavy (non-hydrogen) atoms. The first-order valence-electron chi connectivity index (χ1n) is 6.01. The van der Waals surface area contributed by atoms with Crippen LogP contribution < -0.4 is 5.11 Å². The highest BCUT2D eigenvalue weighted by atomic mass is 35.5. The Hall–Kier alpha value is -2.37. The lowest BCUT2D eigenvalue weighted by atomic mass is 10.1. The van der Waals surface area contributed by atoms with Crippen LogP contribution in [0.2, 0.25) is 10.0 Å². The zero-order chi connectivity index (χ0) is 16.3. The number of benzene rings is 2. The van der Waals surface area contributed by atoms with Crippen molar-refractivity contribution in [3.63, 3.8) is 0 Å². The molecule has 112 valence electrons. The number of nitro benzene ring substituents is 1. The summed E-state index contributed by atoms with van der Waals surface area (Å²) in [5, 5.41) is 22.6. The van der Waals surface area contributed by atoms with Crippen LogP contribution in [0.5, 0.6) is 5.75 Å². The first kappa shape index (κ1) is 16.0. The predicted molar refractivity (Wildman–Crippen MR) is 82.4 cm³/mol. The number of nitro groups is 1. The minimum absolute atomic E-state index is 0.257. The second-order valence-corrected chi connectivity index (χ2v) is 5.13. The normalized spacial score (nSPS) is 10.8. The average molecular weight is 337 g/mol. The number of rotatable bonds is 4. The number of carbonyl (C=O) groups excluding carboxylic acids is 1. The molecule has 0 aliphatic carbocycles. The summed E-state index contributed by atoms with van der Waals surface area (Å²) in [5.74, 6) is -1.02. The fraction of sp³-hybridized carbons (Fsp3) is 0. The zero-order valence-corrected chi connectivity index (χ0v) is 12.5. The van der Waals surface area contributed by atoms with E-state index in [9.17, 15) is 20.0 Å². The van der Waals surface area contributed by atoms with Gasteiger partial charge in [0, 0.05) is 11.6 Å². The van der Waals surface area contributed by atoms with Crippen molar-refractivity contribution in [2.75, 3.05) is 0 Å². The fourth-order valence-corrected chi connectivity index (χ4v) is 2.00. The molecule has 0 radical (unpaired) electrons. The van der Waals surface area contributed by atoms with Gasteiger partial charge in [0.05, 0.1) is 15.0 Å². The number of hydrogen-bond donors (Lipinski definition) is 0. The maximum atomic E-state index is 12.0. The second-order valence-electron chi connectivity index (χ2n) is 4.31. The van der Waals surface area contributed by atoms with E-state index < -0.39 is 16.4 Å². The summed E-state index contributed by atoms with van der Waals surface area (Å²) < 4.78 is 0. The van der Waals surface area contributed by atoms with Gasteiger partial charge >= 0.3 is 0 Å². The lowest BCUT2D eigenvalue weighted by molar-refractivity contribution is -0.398. The molecule has 0 saturated carbocycles. The van der Waals surface area contributed by atoms with Gasteiger partial charge in [-0.1, -0.05) is 41.4 Å². The predicted octanol–water partition coefficient (Wildman–Crippen LogP) is 3.87. The maximum Gasteiger partial charge on any atom is 0.262 e. The van der Waals surface area contributed by atoms with Crippen LogP contribution in [0.1, 0.15) is 15.9 Å². The first-order chi connectivity index (χ1) is 10.4. The molecule has 0 aromatic heterocycles. The largest absolute Gasteiger partial charge is 0.868 e. The van der Waals surface area contributed by atoms with Crippen LogP contribution in [0, 0.1) is 10.1 Å². The molecule has 0 fully saturated rings. The topological polar surface area (TPSA) is 83.3 Å². The van der Waals surface area contributed by atoms with Crippen molar-refractivity contribution in [1.82, 2.24) is 0 Å². The lowest BCUT2D eigenvalue weighted by Gasteiger charge is -2.06. The highest BCUT2D eigenvalue weighted by Gasteiger charge is 2.08. The van der Waals surface area contributed by atoms with Crippen LogP contribution in [-0.2, 0) is 0 Å². The minimum Gasteiger partial charge on any atom is -0.868 e. The average Bonchev–Trinajstić information content (AvgIpc) is 2.48. The minimum atomic E-state index is -0.763. The van der Waals surface area contributed by atoms with Gasteiger partial charge in [0.15, 0.2) is 5.78 Å². The van der Waals surface area contributed by atoms with Crippen molar-refractivity contribution in [2.45, 2.75) is 0 Å². The standard InChI is InChI=1S/C15H9Cl2NO4/c16-11-4-3-10(8-12(11)17)14(19)5-1-9-2-6-15(20)13(7-9)18(21)22/h1-8,20H/p-1/b5-1+. The van der Waals surface area contributed by atoms with Crippen LogP contribution in [0.25, 0.3) is 6.08 Å². The van der Waals surface area contributed by atoms with E-state index in [1.807, 2.05) is 0 Å². The molecule has 0 unspecified atom stereocenters. The van der Waals surface area contributed by atoms with Crippen LogP contribution in [0.3, 0.4) is 0 Å². The Kier molecular flexibility index (Phi) is 4.80. The SMILES string of the molecule is O=C(/C=C/c1ccc([O-])c([N+](=O)[O-])c1)c1ccc(Cl)c(Cl)c1. The van der Waals surface area contributed by atoms with Crippen molar-refractivity contribution >= 4 is 40.7 Å². The molecule has 2 rings (SSSR count). The molecule has 0 bridgehead atoms. The zero-order valence-electron chi connectivity index (χ0n) is 11.0. The van der Waals surface area contributed by atoms with Crippen LogP contribution >= 0.6 is 23.2 Å². The maximum absolute atomic E-state index is 12.0. The molecule has 0 aliphatic rings. The number of nitrogens with zero attached hydrogens (tertiary/aromatic N) is 1. The Balaban J connectivity index is 2.24. The van der Waals surface area contributed by atoms with Crippen LogP contribution in [0.4, 0.5) is 5.69 Å². The van der Waals surface area contributed by atoms with E-state index in [4.69, 9.17) is 23.2 Å². The summed E-state index contributed by atoms with van der Waals surface area (Å²) in [6, 6.07) is 8.04. The molecular weight excluding hydrogens is 329 g/mol. The Morgan fingerprint density at radius 2 is 1.82 bits per heavy atom. The Morgan fingerprint density at radius 1 is 1.09 bits per heavy atom. The molecule has 0 amide bonds. The smallest absolute Gasteiger partial charge is 0.262 e. The molecule has 7 heteroatoms. The van der Waals surface area contributed by atoms with E-state index in [1.54, 1.807) is 0 Å². The summed E-state index contributed by atoms with van der Waals surface area (Å²) >= 11 is 11.6.